The first-order chi connectivity index (χ1) is 5.63. The highest BCUT2D eigenvalue weighted by molar-refractivity contribution is 5.86. The molecular formula is C9H14O3. The van der Waals surface area contributed by atoms with Gasteiger partial charge in [0.1, 0.15) is 0 Å². The van der Waals surface area contributed by atoms with E-state index in [4.69, 9.17) is 9.84 Å². The molecule has 1 unspecified atom stereocenters. The second kappa shape index (κ2) is 3.72. The quantitative estimate of drug-likeness (QED) is 0.640. The van der Waals surface area contributed by atoms with Crippen LogP contribution in [0.25, 0.3) is 0 Å². The van der Waals surface area contributed by atoms with Gasteiger partial charge < -0.3 is 9.84 Å². The number of hydrogen-bond acceptors (Lipinski definition) is 2. The minimum absolute atomic E-state index is 0.0427. The van der Waals surface area contributed by atoms with Crippen molar-refractivity contribution in [1.82, 2.24) is 0 Å². The maximum atomic E-state index is 10.6. The number of hydrogen-bond donors (Lipinski definition) is 1. The molecule has 0 radical (unpaired) electrons. The molecule has 1 saturated heterocycles. The molecule has 0 amide bonds. The largest absolute Gasteiger partial charge is 0.478 e. The lowest BCUT2D eigenvalue weighted by Crippen LogP contribution is -2.11. The van der Waals surface area contributed by atoms with Crippen LogP contribution in [0.3, 0.4) is 0 Å². The van der Waals surface area contributed by atoms with Gasteiger partial charge in [-0.1, -0.05) is 0 Å². The van der Waals surface area contributed by atoms with Crippen LogP contribution in [0.15, 0.2) is 11.1 Å². The molecule has 3 heteroatoms. The van der Waals surface area contributed by atoms with Gasteiger partial charge in [0.15, 0.2) is 0 Å². The summed E-state index contributed by atoms with van der Waals surface area (Å²) in [6.07, 6.45) is 2.03. The van der Waals surface area contributed by atoms with Crippen molar-refractivity contribution >= 4 is 5.97 Å². The van der Waals surface area contributed by atoms with Crippen molar-refractivity contribution in [3.63, 3.8) is 0 Å². The van der Waals surface area contributed by atoms with Crippen LogP contribution < -0.4 is 0 Å². The summed E-state index contributed by atoms with van der Waals surface area (Å²) in [5.74, 6) is -0.844. The third kappa shape index (κ3) is 1.85. The van der Waals surface area contributed by atoms with E-state index in [0.29, 0.717) is 5.57 Å². The van der Waals surface area contributed by atoms with Crippen LogP contribution >= 0.6 is 0 Å². The van der Waals surface area contributed by atoms with E-state index in [2.05, 4.69) is 0 Å². The van der Waals surface area contributed by atoms with Gasteiger partial charge in [0.25, 0.3) is 0 Å². The number of carbonyl (C=O) groups is 1. The highest BCUT2D eigenvalue weighted by Crippen LogP contribution is 2.21. The van der Waals surface area contributed by atoms with E-state index >= 15 is 0 Å². The summed E-state index contributed by atoms with van der Waals surface area (Å²) in [7, 11) is 0. The molecule has 0 aromatic heterocycles. The Morgan fingerprint density at radius 1 is 1.50 bits per heavy atom. The Bertz CT molecular complexity index is 212. The fraction of sp³-hybridized carbons (Fsp3) is 0.667. The van der Waals surface area contributed by atoms with Crippen molar-refractivity contribution < 1.29 is 14.6 Å². The average Bonchev–Trinajstić information content (AvgIpc) is 2.53. The zero-order valence-corrected chi connectivity index (χ0v) is 7.46. The molecule has 1 aliphatic heterocycles. The highest BCUT2D eigenvalue weighted by Gasteiger charge is 2.20. The molecule has 12 heavy (non-hydrogen) atoms. The predicted molar refractivity (Wildman–Crippen MR) is 45.0 cm³/mol. The lowest BCUT2D eigenvalue weighted by Gasteiger charge is -2.11. The zero-order chi connectivity index (χ0) is 9.14. The molecule has 0 bridgehead atoms. The normalized spacial score (nSPS) is 25.3. The maximum Gasteiger partial charge on any atom is 0.331 e. The van der Waals surface area contributed by atoms with Crippen LogP contribution in [-0.2, 0) is 9.53 Å². The fourth-order valence-corrected chi connectivity index (χ4v) is 1.33. The number of rotatable bonds is 2. The van der Waals surface area contributed by atoms with E-state index in [1.807, 2.05) is 6.92 Å². The van der Waals surface area contributed by atoms with E-state index in [1.54, 1.807) is 6.92 Å². The van der Waals surface area contributed by atoms with Crippen LogP contribution in [0.2, 0.25) is 0 Å². The minimum Gasteiger partial charge on any atom is -0.478 e. The first-order valence-corrected chi connectivity index (χ1v) is 4.15. The molecule has 1 atom stereocenters. The standard InChI is InChI=1S/C9H14O3/c1-6(7(2)9(10)11)8-4-3-5-12-8/h8H,3-5H2,1-2H3,(H,10,11). The molecule has 0 spiro atoms. The number of carboxylic acids is 1. The molecule has 1 N–H and O–H groups in total. The lowest BCUT2D eigenvalue weighted by molar-refractivity contribution is -0.132. The lowest BCUT2D eigenvalue weighted by atomic mass is 10.0. The molecule has 1 fully saturated rings. The van der Waals surface area contributed by atoms with Crippen LogP contribution in [0.4, 0.5) is 0 Å². The van der Waals surface area contributed by atoms with Crippen molar-refractivity contribution in [3.05, 3.63) is 11.1 Å². The van der Waals surface area contributed by atoms with Gasteiger partial charge in [-0.3, -0.25) is 0 Å². The van der Waals surface area contributed by atoms with Crippen molar-refractivity contribution in [2.45, 2.75) is 32.8 Å². The summed E-state index contributed by atoms with van der Waals surface area (Å²) >= 11 is 0. The van der Waals surface area contributed by atoms with Crippen LogP contribution in [0, 0.1) is 0 Å². The molecule has 1 aliphatic rings. The predicted octanol–water partition coefficient (Wildman–Crippen LogP) is 1.59. The molecule has 68 valence electrons. The van der Waals surface area contributed by atoms with Gasteiger partial charge in [0.2, 0.25) is 0 Å². The molecule has 0 saturated carbocycles. The Labute approximate surface area is 72.0 Å². The highest BCUT2D eigenvalue weighted by atomic mass is 16.5. The Morgan fingerprint density at radius 3 is 2.58 bits per heavy atom. The molecule has 1 heterocycles. The minimum atomic E-state index is -0.844. The smallest absolute Gasteiger partial charge is 0.331 e. The van der Waals surface area contributed by atoms with E-state index in [0.717, 1.165) is 25.0 Å². The summed E-state index contributed by atoms with van der Waals surface area (Å²) in [6, 6.07) is 0. The van der Waals surface area contributed by atoms with Crippen molar-refractivity contribution in [3.8, 4) is 0 Å². The Morgan fingerprint density at radius 2 is 2.17 bits per heavy atom. The molecule has 3 nitrogen and oxygen atoms in total. The van der Waals surface area contributed by atoms with Crippen LogP contribution in [-0.4, -0.2) is 23.8 Å². The zero-order valence-electron chi connectivity index (χ0n) is 7.46. The van der Waals surface area contributed by atoms with E-state index in [1.165, 1.54) is 0 Å². The first kappa shape index (κ1) is 9.26. The van der Waals surface area contributed by atoms with Crippen LogP contribution in [0.1, 0.15) is 26.7 Å². The van der Waals surface area contributed by atoms with Gasteiger partial charge in [0.05, 0.1) is 6.10 Å². The molecular weight excluding hydrogens is 156 g/mol. The second-order valence-corrected chi connectivity index (χ2v) is 3.11. The fourth-order valence-electron chi connectivity index (χ4n) is 1.33. The molecule has 0 aliphatic carbocycles. The van der Waals surface area contributed by atoms with Gasteiger partial charge in [0, 0.05) is 12.2 Å². The van der Waals surface area contributed by atoms with Crippen molar-refractivity contribution in [2.24, 2.45) is 0 Å². The third-order valence-corrected chi connectivity index (χ3v) is 2.32. The SMILES string of the molecule is CC(C(=O)O)=C(C)C1CCCO1. The van der Waals surface area contributed by atoms with E-state index < -0.39 is 5.97 Å². The van der Waals surface area contributed by atoms with Gasteiger partial charge in [-0.05, 0) is 32.3 Å². The number of carboxylic acid groups (broad SMARTS) is 1. The first-order valence-electron chi connectivity index (χ1n) is 4.15. The van der Waals surface area contributed by atoms with Gasteiger partial charge in [-0.15, -0.1) is 0 Å². The van der Waals surface area contributed by atoms with E-state index in [-0.39, 0.29) is 6.10 Å². The van der Waals surface area contributed by atoms with Crippen molar-refractivity contribution in [2.75, 3.05) is 6.61 Å². The monoisotopic (exact) mass is 170 g/mol. The Kier molecular flexibility index (Phi) is 2.87. The number of ether oxygens (including phenoxy) is 1. The van der Waals surface area contributed by atoms with Gasteiger partial charge in [-0.25, -0.2) is 4.79 Å². The summed E-state index contributed by atoms with van der Waals surface area (Å²) in [6.45, 7) is 4.22. The maximum absolute atomic E-state index is 10.6. The number of aliphatic carboxylic acids is 1. The summed E-state index contributed by atoms with van der Waals surface area (Å²) < 4.78 is 5.36. The topological polar surface area (TPSA) is 46.5 Å². The summed E-state index contributed by atoms with van der Waals surface area (Å²) in [4.78, 5) is 10.6. The van der Waals surface area contributed by atoms with E-state index in [9.17, 15) is 4.79 Å². The third-order valence-electron chi connectivity index (χ3n) is 2.32. The summed E-state index contributed by atoms with van der Waals surface area (Å²) in [5, 5.41) is 8.70. The molecule has 1 rings (SSSR count). The average molecular weight is 170 g/mol. The van der Waals surface area contributed by atoms with Gasteiger partial charge >= 0.3 is 5.97 Å². The second-order valence-electron chi connectivity index (χ2n) is 3.11. The molecule has 0 aromatic carbocycles. The van der Waals surface area contributed by atoms with Crippen molar-refractivity contribution in [1.29, 1.82) is 0 Å². The Balaban J connectivity index is 2.72. The van der Waals surface area contributed by atoms with Gasteiger partial charge in [-0.2, -0.15) is 0 Å². The summed E-state index contributed by atoms with van der Waals surface area (Å²) in [5.41, 5.74) is 1.28. The van der Waals surface area contributed by atoms with Crippen LogP contribution in [0.5, 0.6) is 0 Å². The molecule has 0 aromatic rings. The Hall–Kier alpha value is -0.830.